The summed E-state index contributed by atoms with van der Waals surface area (Å²) in [4.78, 5) is 7.59. The summed E-state index contributed by atoms with van der Waals surface area (Å²) in [5.74, 6) is 0. The maximum absolute atomic E-state index is 5.05. The number of anilines is 1. The lowest BCUT2D eigenvalue weighted by molar-refractivity contribution is 0.725. The molecule has 3 aromatic rings. The zero-order chi connectivity index (χ0) is 24.2. The number of nitrogens with zero attached hydrogens (tertiary/aromatic N) is 2. The predicted molar refractivity (Wildman–Crippen MR) is 153 cm³/mol. The Labute approximate surface area is 208 Å². The molecule has 0 atom stereocenters. The van der Waals surface area contributed by atoms with E-state index in [-0.39, 0.29) is 0 Å². The topological polar surface area (TPSA) is 40.2 Å². The van der Waals surface area contributed by atoms with E-state index in [9.17, 15) is 0 Å². The quantitative estimate of drug-likeness (QED) is 0.259. The molecule has 4 nitrogen and oxygen atoms in total. The highest BCUT2D eigenvalue weighted by atomic mass is 31.1. The molecule has 5 heteroatoms. The zero-order valence-corrected chi connectivity index (χ0v) is 22.1. The summed E-state index contributed by atoms with van der Waals surface area (Å²) in [6.07, 6.45) is 10.7. The van der Waals surface area contributed by atoms with Gasteiger partial charge in [-0.15, -0.1) is 0 Å². The first-order valence-electron chi connectivity index (χ1n) is 12.8. The highest BCUT2D eigenvalue weighted by molar-refractivity contribution is 7.34. The first kappa shape index (κ1) is 26.3. The molecule has 0 bridgehead atoms. The average Bonchev–Trinajstić information content (AvgIpc) is 3.42. The molecule has 182 valence electrons. The van der Waals surface area contributed by atoms with Crippen LogP contribution in [0.1, 0.15) is 50.7 Å². The van der Waals surface area contributed by atoms with Crippen LogP contribution in [0, 0.1) is 0 Å². The number of pyridine rings is 1. The minimum atomic E-state index is 1.04. The molecule has 2 aromatic carbocycles. The standard InChI is InChI=1S/C25H31N3.C4H10NP/c1-3-19-10-13-22-24(17-19)27-23(18-25(22)28-15-4-5-16-28)21-11-8-20(9-12-21)7-6-14-26-2;1-3-4-5-6-2/h8-13,17-18,26H,3-7,14-16H2,1-2H3;5H,2-4H2,1H3. The van der Waals surface area contributed by atoms with Crippen LogP contribution in [0.5, 0.6) is 0 Å². The second-order valence-electron chi connectivity index (χ2n) is 8.90. The fourth-order valence-corrected chi connectivity index (χ4v) is 4.73. The first-order chi connectivity index (χ1) is 16.7. The molecular weight excluding hydrogens is 435 g/mol. The molecule has 0 radical (unpaired) electrons. The van der Waals surface area contributed by atoms with Crippen molar-refractivity contribution in [3.63, 3.8) is 0 Å². The Morgan fingerprint density at radius 1 is 0.971 bits per heavy atom. The van der Waals surface area contributed by atoms with Crippen LogP contribution < -0.4 is 15.3 Å². The van der Waals surface area contributed by atoms with Crippen molar-refractivity contribution >= 4 is 31.2 Å². The van der Waals surface area contributed by atoms with Crippen LogP contribution in [0.2, 0.25) is 0 Å². The van der Waals surface area contributed by atoms with Crippen LogP contribution in [-0.2, 0) is 12.8 Å². The second kappa shape index (κ2) is 14.2. The maximum Gasteiger partial charge on any atom is 0.0733 e. The largest absolute Gasteiger partial charge is 0.371 e. The van der Waals surface area contributed by atoms with Gasteiger partial charge in [0.1, 0.15) is 0 Å². The van der Waals surface area contributed by atoms with Gasteiger partial charge in [-0.3, -0.25) is 5.09 Å². The van der Waals surface area contributed by atoms with Crippen molar-refractivity contribution in [3.05, 3.63) is 59.7 Å². The molecule has 34 heavy (non-hydrogen) atoms. The molecular formula is C29H41N4P. The van der Waals surface area contributed by atoms with Gasteiger partial charge in [0.15, 0.2) is 0 Å². The van der Waals surface area contributed by atoms with Crippen molar-refractivity contribution in [2.24, 2.45) is 0 Å². The molecule has 0 saturated carbocycles. The summed E-state index contributed by atoms with van der Waals surface area (Å²) in [5.41, 5.74) is 7.51. The molecule has 0 unspecified atom stereocenters. The van der Waals surface area contributed by atoms with E-state index in [1.165, 1.54) is 53.4 Å². The van der Waals surface area contributed by atoms with Gasteiger partial charge in [-0.05, 0) is 83.7 Å². The van der Waals surface area contributed by atoms with Gasteiger partial charge in [-0.1, -0.05) is 56.5 Å². The summed E-state index contributed by atoms with van der Waals surface area (Å²) in [5, 5.41) is 7.56. The lowest BCUT2D eigenvalue weighted by Crippen LogP contribution is -2.18. The Morgan fingerprint density at radius 2 is 1.71 bits per heavy atom. The van der Waals surface area contributed by atoms with E-state index in [1.54, 1.807) is 0 Å². The van der Waals surface area contributed by atoms with Gasteiger partial charge < -0.3 is 10.2 Å². The summed E-state index contributed by atoms with van der Waals surface area (Å²) >= 11 is 0. The Bertz CT molecular complexity index is 1030. The van der Waals surface area contributed by atoms with Gasteiger partial charge in [0, 0.05) is 36.3 Å². The van der Waals surface area contributed by atoms with E-state index < -0.39 is 0 Å². The minimum Gasteiger partial charge on any atom is -0.371 e. The minimum absolute atomic E-state index is 1.04. The Hall–Kier alpha value is -2.26. The Kier molecular flexibility index (Phi) is 11.0. The number of benzene rings is 2. The van der Waals surface area contributed by atoms with E-state index in [1.807, 2.05) is 7.05 Å². The van der Waals surface area contributed by atoms with E-state index in [0.29, 0.717) is 0 Å². The smallest absolute Gasteiger partial charge is 0.0733 e. The molecule has 1 aliphatic heterocycles. The zero-order valence-electron chi connectivity index (χ0n) is 21.2. The molecule has 2 heterocycles. The molecule has 1 aliphatic rings. The lowest BCUT2D eigenvalue weighted by Gasteiger charge is -2.21. The van der Waals surface area contributed by atoms with Gasteiger partial charge in [-0.25, -0.2) is 4.98 Å². The summed E-state index contributed by atoms with van der Waals surface area (Å²) < 4.78 is 0. The van der Waals surface area contributed by atoms with Crippen molar-refractivity contribution < 1.29 is 0 Å². The Morgan fingerprint density at radius 3 is 2.32 bits per heavy atom. The highest BCUT2D eigenvalue weighted by Crippen LogP contribution is 2.33. The van der Waals surface area contributed by atoms with Crippen LogP contribution in [-0.4, -0.2) is 44.5 Å². The third kappa shape index (κ3) is 7.37. The van der Waals surface area contributed by atoms with E-state index in [2.05, 4.69) is 84.0 Å². The van der Waals surface area contributed by atoms with E-state index >= 15 is 0 Å². The van der Waals surface area contributed by atoms with Crippen LogP contribution in [0.3, 0.4) is 0 Å². The fourth-order valence-electron chi connectivity index (χ4n) is 4.35. The summed E-state index contributed by atoms with van der Waals surface area (Å²) in [6, 6.07) is 18.1. The number of aryl methyl sites for hydroxylation is 2. The molecule has 0 amide bonds. The normalized spacial score (nSPS) is 13.3. The molecule has 4 rings (SSSR count). The number of hydrogen-bond acceptors (Lipinski definition) is 4. The number of hydrogen-bond donors (Lipinski definition) is 2. The molecule has 2 N–H and O–H groups in total. The van der Waals surface area contributed by atoms with E-state index in [4.69, 9.17) is 4.98 Å². The van der Waals surface area contributed by atoms with Gasteiger partial charge in [-0.2, -0.15) is 0 Å². The molecule has 1 aromatic heterocycles. The fraction of sp³-hybridized carbons (Fsp3) is 0.448. The van der Waals surface area contributed by atoms with E-state index in [0.717, 1.165) is 58.6 Å². The molecule has 1 saturated heterocycles. The number of fused-ring (bicyclic) bond motifs is 1. The van der Waals surface area contributed by atoms with Gasteiger partial charge >= 0.3 is 0 Å². The summed E-state index contributed by atoms with van der Waals surface area (Å²) in [6.45, 7) is 8.80. The van der Waals surface area contributed by atoms with Crippen LogP contribution in [0.4, 0.5) is 5.69 Å². The van der Waals surface area contributed by atoms with Gasteiger partial charge in [0.05, 0.1) is 11.2 Å². The molecule has 0 spiro atoms. The van der Waals surface area contributed by atoms with Crippen molar-refractivity contribution in [3.8, 4) is 11.3 Å². The van der Waals surface area contributed by atoms with Crippen LogP contribution in [0.25, 0.3) is 22.2 Å². The van der Waals surface area contributed by atoms with Crippen molar-refractivity contribution in [1.82, 2.24) is 15.4 Å². The SMILES string of the molecule is C=PNCCC.CCc1ccc2c(N3CCCC3)cc(-c3ccc(CCCNC)cc3)nc2c1. The van der Waals surface area contributed by atoms with Crippen LogP contribution >= 0.6 is 8.35 Å². The number of nitrogens with one attached hydrogen (secondary N) is 2. The third-order valence-corrected chi connectivity index (χ3v) is 6.77. The lowest BCUT2D eigenvalue weighted by atomic mass is 10.0. The van der Waals surface area contributed by atoms with Crippen molar-refractivity contribution in [1.29, 1.82) is 0 Å². The predicted octanol–water partition coefficient (Wildman–Crippen LogP) is 6.50. The van der Waals surface area contributed by atoms with Gasteiger partial charge in [0.25, 0.3) is 0 Å². The summed E-state index contributed by atoms with van der Waals surface area (Å²) in [7, 11) is 3.06. The maximum atomic E-state index is 5.05. The van der Waals surface area contributed by atoms with Gasteiger partial charge in [0.2, 0.25) is 0 Å². The van der Waals surface area contributed by atoms with Crippen molar-refractivity contribution in [2.45, 2.75) is 52.4 Å². The molecule has 0 aliphatic carbocycles. The van der Waals surface area contributed by atoms with Crippen LogP contribution in [0.15, 0.2) is 48.5 Å². The average molecular weight is 477 g/mol. The number of rotatable bonds is 10. The van der Waals surface area contributed by atoms with Crippen molar-refractivity contribution in [2.75, 3.05) is 38.1 Å². The monoisotopic (exact) mass is 476 g/mol. The second-order valence-corrected chi connectivity index (χ2v) is 9.53. The molecule has 1 fully saturated rings. The highest BCUT2D eigenvalue weighted by Gasteiger charge is 2.17. The Balaban J connectivity index is 0.000000481. The third-order valence-electron chi connectivity index (χ3n) is 6.32. The number of aromatic nitrogens is 1. The first-order valence-corrected chi connectivity index (χ1v) is 13.9.